The van der Waals surface area contributed by atoms with Gasteiger partial charge in [0.2, 0.25) is 0 Å². The summed E-state index contributed by atoms with van der Waals surface area (Å²) in [6.45, 7) is 4.57. The lowest BCUT2D eigenvalue weighted by atomic mass is 10.1. The fourth-order valence-corrected chi connectivity index (χ4v) is 3.63. The Morgan fingerprint density at radius 2 is 1.93 bits per heavy atom. The van der Waals surface area contributed by atoms with Gasteiger partial charge >= 0.3 is 0 Å². The summed E-state index contributed by atoms with van der Waals surface area (Å²) in [5, 5.41) is 4.39. The van der Waals surface area contributed by atoms with Gasteiger partial charge < -0.3 is 9.47 Å². The van der Waals surface area contributed by atoms with E-state index in [4.69, 9.17) is 9.47 Å². The number of nitrogens with zero attached hydrogens (tertiary/aromatic N) is 3. The summed E-state index contributed by atoms with van der Waals surface area (Å²) in [5.41, 5.74) is 4.72. The summed E-state index contributed by atoms with van der Waals surface area (Å²) in [6.07, 6.45) is 1.87. The summed E-state index contributed by atoms with van der Waals surface area (Å²) in [6, 6.07) is 16.4. The van der Waals surface area contributed by atoms with Gasteiger partial charge in [-0.05, 0) is 19.1 Å². The zero-order chi connectivity index (χ0) is 18.8. The van der Waals surface area contributed by atoms with Crippen LogP contribution in [0.2, 0.25) is 0 Å². The van der Waals surface area contributed by atoms with Crippen molar-refractivity contribution in [1.29, 1.82) is 0 Å². The highest BCUT2D eigenvalue weighted by molar-refractivity contribution is 5.39. The lowest BCUT2D eigenvalue weighted by Crippen LogP contribution is -2.28. The maximum atomic E-state index is 6.45. The highest BCUT2D eigenvalue weighted by atomic mass is 16.5. The molecular weight excluding hydrogens is 338 g/mol. The Morgan fingerprint density at radius 3 is 2.70 bits per heavy atom. The number of benzene rings is 2. The summed E-state index contributed by atoms with van der Waals surface area (Å²) in [4.78, 5) is 2.42. The first-order valence-electron chi connectivity index (χ1n) is 9.23. The molecule has 1 aliphatic heterocycles. The van der Waals surface area contributed by atoms with Crippen LogP contribution < -0.4 is 9.47 Å². The third-order valence-corrected chi connectivity index (χ3v) is 5.28. The van der Waals surface area contributed by atoms with E-state index in [1.54, 1.807) is 7.11 Å². The Bertz CT molecular complexity index is 935. The number of aryl methyl sites for hydroxylation is 1. The molecule has 4 rings (SSSR count). The molecule has 0 saturated heterocycles. The van der Waals surface area contributed by atoms with Crippen LogP contribution in [0.3, 0.4) is 0 Å². The van der Waals surface area contributed by atoms with E-state index in [0.29, 0.717) is 0 Å². The number of fused-ring (bicyclic) bond motifs is 1. The molecule has 1 unspecified atom stereocenters. The van der Waals surface area contributed by atoms with E-state index < -0.39 is 0 Å². The minimum absolute atomic E-state index is 0.0956. The van der Waals surface area contributed by atoms with Crippen molar-refractivity contribution in [2.75, 3.05) is 13.7 Å². The van der Waals surface area contributed by atoms with Gasteiger partial charge in [-0.15, -0.1) is 0 Å². The van der Waals surface area contributed by atoms with Crippen LogP contribution >= 0.6 is 0 Å². The number of hydrogen-bond donors (Lipinski definition) is 0. The van der Waals surface area contributed by atoms with Gasteiger partial charge in [0.25, 0.3) is 0 Å². The zero-order valence-corrected chi connectivity index (χ0v) is 16.1. The van der Waals surface area contributed by atoms with Crippen molar-refractivity contribution in [1.82, 2.24) is 14.7 Å². The zero-order valence-electron chi connectivity index (χ0n) is 16.1. The normalized spacial score (nSPS) is 17.1. The molecule has 2 heterocycles. The third-order valence-electron chi connectivity index (χ3n) is 5.28. The Labute approximate surface area is 160 Å². The topological polar surface area (TPSA) is 39.5 Å². The van der Waals surface area contributed by atoms with Crippen LogP contribution in [0.4, 0.5) is 0 Å². The number of methoxy groups -OCH3 is 1. The second-order valence-electron chi connectivity index (χ2n) is 7.00. The number of rotatable bonds is 4. The molecule has 0 N–H and O–H groups in total. The van der Waals surface area contributed by atoms with Gasteiger partial charge in [-0.25, -0.2) is 0 Å². The van der Waals surface area contributed by atoms with E-state index >= 15 is 0 Å². The second kappa shape index (κ2) is 7.45. The van der Waals surface area contributed by atoms with Crippen LogP contribution in [0.5, 0.6) is 11.5 Å². The quantitative estimate of drug-likeness (QED) is 0.705. The van der Waals surface area contributed by atoms with Crippen molar-refractivity contribution in [3.05, 3.63) is 77.1 Å². The minimum atomic E-state index is -0.0956. The average molecular weight is 363 g/mol. The van der Waals surface area contributed by atoms with Gasteiger partial charge in [0, 0.05) is 49.1 Å². The van der Waals surface area contributed by atoms with Crippen molar-refractivity contribution >= 4 is 0 Å². The standard InChI is InChI=1S/C22H25N3O2/c1-16-18(12-23-24(16)2)14-25-13-17-8-4-6-10-20(17)27-22(15-25)19-9-5-7-11-21(19)26-3/h4-12,22H,13-15H2,1-3H3. The molecule has 5 nitrogen and oxygen atoms in total. The lowest BCUT2D eigenvalue weighted by Gasteiger charge is -2.25. The number of ether oxygens (including phenoxy) is 2. The Balaban J connectivity index is 1.69. The Hall–Kier alpha value is -2.79. The predicted molar refractivity (Wildman–Crippen MR) is 105 cm³/mol. The first-order chi connectivity index (χ1) is 13.2. The Morgan fingerprint density at radius 1 is 1.15 bits per heavy atom. The van der Waals surface area contributed by atoms with Crippen molar-refractivity contribution in [3.8, 4) is 11.5 Å². The van der Waals surface area contributed by atoms with E-state index in [9.17, 15) is 0 Å². The molecule has 140 valence electrons. The van der Waals surface area contributed by atoms with Crippen molar-refractivity contribution < 1.29 is 9.47 Å². The lowest BCUT2D eigenvalue weighted by molar-refractivity contribution is 0.141. The molecule has 3 aromatic rings. The van der Waals surface area contributed by atoms with Gasteiger partial charge in [0.05, 0.1) is 13.3 Å². The molecule has 0 radical (unpaired) electrons. The average Bonchev–Trinajstić information content (AvgIpc) is 2.91. The molecule has 0 saturated carbocycles. The van der Waals surface area contributed by atoms with Gasteiger partial charge in [-0.2, -0.15) is 5.10 Å². The van der Waals surface area contributed by atoms with Gasteiger partial charge in [0.15, 0.2) is 0 Å². The van der Waals surface area contributed by atoms with Crippen LogP contribution in [0.25, 0.3) is 0 Å². The van der Waals surface area contributed by atoms with E-state index in [-0.39, 0.29) is 6.10 Å². The maximum absolute atomic E-state index is 6.45. The smallest absolute Gasteiger partial charge is 0.140 e. The molecule has 0 fully saturated rings. The molecule has 0 aliphatic carbocycles. The van der Waals surface area contributed by atoms with Crippen LogP contribution in [0, 0.1) is 6.92 Å². The van der Waals surface area contributed by atoms with Crippen molar-refractivity contribution in [2.45, 2.75) is 26.1 Å². The molecule has 27 heavy (non-hydrogen) atoms. The fraction of sp³-hybridized carbons (Fsp3) is 0.318. The predicted octanol–water partition coefficient (Wildman–Crippen LogP) is 3.87. The summed E-state index contributed by atoms with van der Waals surface area (Å²) in [7, 11) is 3.69. The molecule has 1 aliphatic rings. The maximum Gasteiger partial charge on any atom is 0.140 e. The van der Waals surface area contributed by atoms with Crippen molar-refractivity contribution in [2.24, 2.45) is 7.05 Å². The third kappa shape index (κ3) is 3.55. The number of aromatic nitrogens is 2. The van der Waals surface area contributed by atoms with Crippen LogP contribution in [-0.2, 0) is 20.1 Å². The number of hydrogen-bond acceptors (Lipinski definition) is 4. The first kappa shape index (κ1) is 17.6. The molecule has 0 amide bonds. The van der Waals surface area contributed by atoms with Crippen LogP contribution in [0.1, 0.15) is 28.5 Å². The fourth-order valence-electron chi connectivity index (χ4n) is 3.63. The molecular formula is C22H25N3O2. The molecule has 2 aromatic carbocycles. The van der Waals surface area contributed by atoms with E-state index in [1.165, 1.54) is 16.8 Å². The monoisotopic (exact) mass is 363 g/mol. The second-order valence-corrected chi connectivity index (χ2v) is 7.00. The molecule has 1 aromatic heterocycles. The van der Waals surface area contributed by atoms with Gasteiger partial charge in [-0.1, -0.05) is 36.4 Å². The Kier molecular flexibility index (Phi) is 4.86. The molecule has 5 heteroatoms. The number of para-hydroxylation sites is 2. The van der Waals surface area contributed by atoms with Crippen LogP contribution in [-0.4, -0.2) is 28.3 Å². The van der Waals surface area contributed by atoms with Gasteiger partial charge in [-0.3, -0.25) is 9.58 Å². The highest BCUT2D eigenvalue weighted by Gasteiger charge is 2.26. The molecule has 0 bridgehead atoms. The van der Waals surface area contributed by atoms with Gasteiger partial charge in [0.1, 0.15) is 17.6 Å². The summed E-state index contributed by atoms with van der Waals surface area (Å²) >= 11 is 0. The summed E-state index contributed by atoms with van der Waals surface area (Å²) < 4.78 is 14.0. The van der Waals surface area contributed by atoms with Crippen LogP contribution in [0.15, 0.2) is 54.7 Å². The molecule has 1 atom stereocenters. The van der Waals surface area contributed by atoms with E-state index in [2.05, 4.69) is 41.2 Å². The molecule has 0 spiro atoms. The first-order valence-corrected chi connectivity index (χ1v) is 9.23. The highest BCUT2D eigenvalue weighted by Crippen LogP contribution is 2.35. The van der Waals surface area contributed by atoms with E-state index in [0.717, 1.165) is 36.7 Å². The van der Waals surface area contributed by atoms with E-state index in [1.807, 2.05) is 42.2 Å². The summed E-state index contributed by atoms with van der Waals surface area (Å²) in [5.74, 6) is 1.80. The SMILES string of the molecule is COc1ccccc1C1CN(Cc2cnn(C)c2C)Cc2ccccc2O1. The van der Waals surface area contributed by atoms with Crippen molar-refractivity contribution in [3.63, 3.8) is 0 Å². The minimum Gasteiger partial charge on any atom is -0.496 e. The largest absolute Gasteiger partial charge is 0.496 e.